The predicted molar refractivity (Wildman–Crippen MR) is 68.8 cm³/mol. The lowest BCUT2D eigenvalue weighted by Gasteiger charge is -2.12. The third-order valence-electron chi connectivity index (χ3n) is 2.97. The number of anilines is 2. The van der Waals surface area contributed by atoms with Gasteiger partial charge in [-0.25, -0.2) is 0 Å². The molecule has 0 aliphatic carbocycles. The highest BCUT2D eigenvalue weighted by molar-refractivity contribution is 5.99. The van der Waals surface area contributed by atoms with E-state index in [9.17, 15) is 9.59 Å². The largest absolute Gasteiger partial charge is 0.399 e. The third kappa shape index (κ3) is 2.37. The van der Waals surface area contributed by atoms with Crippen molar-refractivity contribution in [3.8, 4) is 0 Å². The number of carbonyl (C=O) groups is 2. The standard InChI is InChI=1S/C12H16N4O2/c1-16-3-2-10(12(16)18)15-11(17)7-4-8(13)6-9(14)5-7/h4-6,10H,2-3,13-14H2,1H3,(H,15,17). The zero-order valence-corrected chi connectivity index (χ0v) is 10.1. The average molecular weight is 248 g/mol. The Kier molecular flexibility index (Phi) is 3.10. The predicted octanol–water partition coefficient (Wildman–Crippen LogP) is -0.189. The van der Waals surface area contributed by atoms with Crippen LogP contribution in [0.4, 0.5) is 11.4 Å². The summed E-state index contributed by atoms with van der Waals surface area (Å²) in [6.07, 6.45) is 0.624. The molecule has 1 heterocycles. The second-order valence-corrected chi connectivity index (χ2v) is 4.46. The molecule has 0 spiro atoms. The molecule has 1 aromatic rings. The number of nitrogens with zero attached hydrogens (tertiary/aromatic N) is 1. The van der Waals surface area contributed by atoms with Crippen LogP contribution in [0.5, 0.6) is 0 Å². The first kappa shape index (κ1) is 12.2. The van der Waals surface area contributed by atoms with Gasteiger partial charge in [0.2, 0.25) is 5.91 Å². The lowest BCUT2D eigenvalue weighted by molar-refractivity contribution is -0.128. The van der Waals surface area contributed by atoms with Crippen molar-refractivity contribution >= 4 is 23.2 Å². The van der Waals surface area contributed by atoms with Crippen molar-refractivity contribution in [1.29, 1.82) is 0 Å². The molecule has 6 heteroatoms. The number of benzene rings is 1. The molecule has 0 bridgehead atoms. The Bertz CT molecular complexity index is 481. The number of likely N-dealkylation sites (tertiary alicyclic amines) is 1. The van der Waals surface area contributed by atoms with Crippen LogP contribution in [-0.4, -0.2) is 36.3 Å². The molecule has 5 N–H and O–H groups in total. The Morgan fingerprint density at radius 1 is 1.33 bits per heavy atom. The summed E-state index contributed by atoms with van der Waals surface area (Å²) in [5.41, 5.74) is 12.5. The Hall–Kier alpha value is -2.24. The normalized spacial score (nSPS) is 19.1. The average Bonchev–Trinajstić information content (AvgIpc) is 2.59. The van der Waals surface area contributed by atoms with Gasteiger partial charge >= 0.3 is 0 Å². The molecule has 0 aromatic heterocycles. The Morgan fingerprint density at radius 2 is 1.94 bits per heavy atom. The van der Waals surface area contributed by atoms with Gasteiger partial charge in [0.05, 0.1) is 0 Å². The van der Waals surface area contributed by atoms with Gasteiger partial charge in [0.25, 0.3) is 5.91 Å². The Morgan fingerprint density at radius 3 is 2.44 bits per heavy atom. The van der Waals surface area contributed by atoms with Crippen molar-refractivity contribution in [2.45, 2.75) is 12.5 Å². The molecule has 1 aliphatic heterocycles. The van der Waals surface area contributed by atoms with Gasteiger partial charge in [0.15, 0.2) is 0 Å². The lowest BCUT2D eigenvalue weighted by Crippen LogP contribution is -2.40. The van der Waals surface area contributed by atoms with Gasteiger partial charge in [-0.3, -0.25) is 9.59 Å². The minimum Gasteiger partial charge on any atom is -0.399 e. The zero-order chi connectivity index (χ0) is 13.3. The van der Waals surface area contributed by atoms with E-state index in [1.807, 2.05) is 0 Å². The van der Waals surface area contributed by atoms with E-state index in [0.29, 0.717) is 29.9 Å². The summed E-state index contributed by atoms with van der Waals surface area (Å²) < 4.78 is 0. The summed E-state index contributed by atoms with van der Waals surface area (Å²) >= 11 is 0. The van der Waals surface area contributed by atoms with E-state index in [1.165, 1.54) is 12.1 Å². The maximum absolute atomic E-state index is 12.0. The van der Waals surface area contributed by atoms with E-state index in [-0.39, 0.29) is 11.8 Å². The van der Waals surface area contributed by atoms with Crippen molar-refractivity contribution in [3.05, 3.63) is 23.8 Å². The Labute approximate surface area is 105 Å². The number of nitrogen functional groups attached to an aromatic ring is 2. The van der Waals surface area contributed by atoms with Crippen molar-refractivity contribution in [2.75, 3.05) is 25.1 Å². The van der Waals surface area contributed by atoms with Crippen LogP contribution in [-0.2, 0) is 4.79 Å². The first-order valence-electron chi connectivity index (χ1n) is 5.69. The smallest absolute Gasteiger partial charge is 0.252 e. The SMILES string of the molecule is CN1CCC(NC(=O)c2cc(N)cc(N)c2)C1=O. The van der Waals surface area contributed by atoms with Gasteiger partial charge in [-0.05, 0) is 24.6 Å². The molecule has 1 aliphatic rings. The van der Waals surface area contributed by atoms with Crippen molar-refractivity contribution < 1.29 is 9.59 Å². The van der Waals surface area contributed by atoms with E-state index < -0.39 is 6.04 Å². The highest BCUT2D eigenvalue weighted by atomic mass is 16.2. The summed E-state index contributed by atoms with van der Waals surface area (Å²) in [6, 6.07) is 4.19. The number of nitrogens with one attached hydrogen (secondary N) is 1. The summed E-state index contributed by atoms with van der Waals surface area (Å²) in [4.78, 5) is 25.2. The lowest BCUT2D eigenvalue weighted by atomic mass is 10.1. The molecule has 1 aromatic carbocycles. The quantitative estimate of drug-likeness (QED) is 0.631. The van der Waals surface area contributed by atoms with Crippen LogP contribution in [0, 0.1) is 0 Å². The van der Waals surface area contributed by atoms with Crippen LogP contribution in [0.1, 0.15) is 16.8 Å². The minimum atomic E-state index is -0.454. The monoisotopic (exact) mass is 248 g/mol. The Balaban J connectivity index is 2.10. The molecule has 1 saturated heterocycles. The fraction of sp³-hybridized carbons (Fsp3) is 0.333. The molecule has 2 rings (SSSR count). The maximum Gasteiger partial charge on any atom is 0.252 e. The van der Waals surface area contributed by atoms with Gasteiger partial charge in [-0.2, -0.15) is 0 Å². The first-order chi connectivity index (χ1) is 8.47. The van der Waals surface area contributed by atoms with E-state index in [2.05, 4.69) is 5.32 Å². The van der Waals surface area contributed by atoms with E-state index >= 15 is 0 Å². The molecular weight excluding hydrogens is 232 g/mol. The molecule has 1 fully saturated rings. The van der Waals surface area contributed by atoms with Gasteiger partial charge in [-0.1, -0.05) is 0 Å². The van der Waals surface area contributed by atoms with Crippen LogP contribution < -0.4 is 16.8 Å². The molecule has 1 atom stereocenters. The number of hydrogen-bond donors (Lipinski definition) is 3. The van der Waals surface area contributed by atoms with E-state index in [4.69, 9.17) is 11.5 Å². The minimum absolute atomic E-state index is 0.0692. The van der Waals surface area contributed by atoms with Crippen molar-refractivity contribution in [1.82, 2.24) is 10.2 Å². The van der Waals surface area contributed by atoms with Crippen molar-refractivity contribution in [3.63, 3.8) is 0 Å². The molecule has 0 saturated carbocycles. The molecule has 1 unspecified atom stereocenters. The molecule has 2 amide bonds. The zero-order valence-electron chi connectivity index (χ0n) is 10.1. The highest BCUT2D eigenvalue weighted by Gasteiger charge is 2.30. The maximum atomic E-state index is 12.0. The van der Waals surface area contributed by atoms with Gasteiger partial charge in [0.1, 0.15) is 6.04 Å². The van der Waals surface area contributed by atoms with Crippen LogP contribution in [0.15, 0.2) is 18.2 Å². The number of carbonyl (C=O) groups excluding carboxylic acids is 2. The highest BCUT2D eigenvalue weighted by Crippen LogP contribution is 2.15. The molecule has 18 heavy (non-hydrogen) atoms. The number of amides is 2. The van der Waals surface area contributed by atoms with Gasteiger partial charge < -0.3 is 21.7 Å². The molecule has 96 valence electrons. The van der Waals surface area contributed by atoms with Crippen LogP contribution in [0.2, 0.25) is 0 Å². The fourth-order valence-electron chi connectivity index (χ4n) is 2.01. The van der Waals surface area contributed by atoms with Crippen LogP contribution in [0.3, 0.4) is 0 Å². The fourth-order valence-corrected chi connectivity index (χ4v) is 2.01. The summed E-state index contributed by atoms with van der Waals surface area (Å²) in [5.74, 6) is -0.400. The van der Waals surface area contributed by atoms with Gasteiger partial charge in [0, 0.05) is 30.5 Å². The van der Waals surface area contributed by atoms with E-state index in [0.717, 1.165) is 0 Å². The van der Waals surface area contributed by atoms with Crippen LogP contribution in [0.25, 0.3) is 0 Å². The van der Waals surface area contributed by atoms with Gasteiger partial charge in [-0.15, -0.1) is 0 Å². The molecule has 0 radical (unpaired) electrons. The second kappa shape index (κ2) is 4.56. The summed E-state index contributed by atoms with van der Waals surface area (Å²) in [7, 11) is 1.72. The number of likely N-dealkylation sites (N-methyl/N-ethyl adjacent to an activating group) is 1. The van der Waals surface area contributed by atoms with Crippen LogP contribution >= 0.6 is 0 Å². The topological polar surface area (TPSA) is 101 Å². The number of rotatable bonds is 2. The molecule has 6 nitrogen and oxygen atoms in total. The number of nitrogens with two attached hydrogens (primary N) is 2. The number of hydrogen-bond acceptors (Lipinski definition) is 4. The third-order valence-corrected chi connectivity index (χ3v) is 2.97. The second-order valence-electron chi connectivity index (χ2n) is 4.46. The summed E-state index contributed by atoms with van der Waals surface area (Å²) in [5, 5.41) is 2.69. The van der Waals surface area contributed by atoms with Crippen molar-refractivity contribution in [2.24, 2.45) is 0 Å². The summed E-state index contributed by atoms with van der Waals surface area (Å²) in [6.45, 7) is 0.656. The molecular formula is C12H16N4O2. The van der Waals surface area contributed by atoms with E-state index in [1.54, 1.807) is 18.0 Å². The first-order valence-corrected chi connectivity index (χ1v) is 5.69.